The van der Waals surface area contributed by atoms with Crippen molar-refractivity contribution in [2.75, 3.05) is 31.6 Å². The highest BCUT2D eigenvalue weighted by molar-refractivity contribution is 5.54. The largest absolute Gasteiger partial charge is 0.395 e. The summed E-state index contributed by atoms with van der Waals surface area (Å²) >= 11 is 0. The van der Waals surface area contributed by atoms with Gasteiger partial charge in [-0.05, 0) is 32.0 Å². The Morgan fingerprint density at radius 1 is 1.28 bits per heavy atom. The van der Waals surface area contributed by atoms with Crippen molar-refractivity contribution >= 4 is 5.69 Å². The van der Waals surface area contributed by atoms with Crippen LogP contribution in [0.25, 0.3) is 0 Å². The molecule has 18 heavy (non-hydrogen) atoms. The van der Waals surface area contributed by atoms with Gasteiger partial charge in [-0.2, -0.15) is 0 Å². The van der Waals surface area contributed by atoms with Gasteiger partial charge in [0.05, 0.1) is 12.6 Å². The molecule has 1 aliphatic rings. The molecule has 3 nitrogen and oxygen atoms in total. The van der Waals surface area contributed by atoms with E-state index in [-0.39, 0.29) is 12.6 Å². The number of rotatable bonds is 3. The van der Waals surface area contributed by atoms with Crippen molar-refractivity contribution in [1.82, 2.24) is 4.90 Å². The molecule has 3 heteroatoms. The number of aryl methyl sites for hydroxylation is 1. The van der Waals surface area contributed by atoms with Gasteiger partial charge in [0, 0.05) is 24.8 Å². The zero-order valence-corrected chi connectivity index (χ0v) is 11.6. The van der Waals surface area contributed by atoms with Crippen LogP contribution in [0.15, 0.2) is 24.3 Å². The fourth-order valence-corrected chi connectivity index (χ4v) is 2.77. The number of hydrogen-bond acceptors (Lipinski definition) is 3. The number of aliphatic hydroxyl groups excluding tert-OH is 1. The molecule has 2 unspecified atom stereocenters. The van der Waals surface area contributed by atoms with Crippen molar-refractivity contribution in [1.29, 1.82) is 0 Å². The van der Waals surface area contributed by atoms with Crippen molar-refractivity contribution in [3.8, 4) is 0 Å². The predicted molar refractivity (Wildman–Crippen MR) is 76.1 cm³/mol. The number of para-hydroxylation sites is 1. The van der Waals surface area contributed by atoms with Crippen LogP contribution in [0.4, 0.5) is 5.69 Å². The summed E-state index contributed by atoms with van der Waals surface area (Å²) in [7, 11) is 2.11. The Kier molecular flexibility index (Phi) is 4.25. The first-order valence-corrected chi connectivity index (χ1v) is 6.83. The zero-order chi connectivity index (χ0) is 13.1. The molecule has 2 rings (SSSR count). The maximum Gasteiger partial charge on any atom is 0.0604 e. The number of benzene rings is 1. The van der Waals surface area contributed by atoms with Gasteiger partial charge in [0.2, 0.25) is 0 Å². The predicted octanol–water partition coefficient (Wildman–Crippen LogP) is 1.75. The van der Waals surface area contributed by atoms with E-state index in [0.717, 1.165) is 19.5 Å². The average Bonchev–Trinajstić information content (AvgIpc) is 2.41. The molecule has 0 radical (unpaired) electrons. The molecular weight excluding hydrogens is 224 g/mol. The quantitative estimate of drug-likeness (QED) is 0.883. The molecule has 0 bridgehead atoms. The number of piperazine rings is 1. The number of aliphatic hydroxyl groups is 1. The highest BCUT2D eigenvalue weighted by Crippen LogP contribution is 2.25. The molecule has 1 aliphatic heterocycles. The summed E-state index contributed by atoms with van der Waals surface area (Å²) in [5, 5.41) is 9.50. The Labute approximate surface area is 110 Å². The van der Waals surface area contributed by atoms with Gasteiger partial charge in [0.25, 0.3) is 0 Å². The Hall–Kier alpha value is -1.06. The van der Waals surface area contributed by atoms with Crippen molar-refractivity contribution < 1.29 is 5.11 Å². The molecule has 0 aromatic heterocycles. The van der Waals surface area contributed by atoms with Gasteiger partial charge in [-0.3, -0.25) is 4.90 Å². The summed E-state index contributed by atoms with van der Waals surface area (Å²) in [5.74, 6) is 0. The highest BCUT2D eigenvalue weighted by Gasteiger charge is 2.29. The molecule has 1 N–H and O–H groups in total. The van der Waals surface area contributed by atoms with E-state index in [1.54, 1.807) is 0 Å². The van der Waals surface area contributed by atoms with Crippen molar-refractivity contribution in [3.63, 3.8) is 0 Å². The van der Waals surface area contributed by atoms with E-state index in [2.05, 4.69) is 55.0 Å². The second kappa shape index (κ2) is 5.72. The van der Waals surface area contributed by atoms with Crippen LogP contribution in [-0.4, -0.2) is 48.8 Å². The molecule has 0 spiro atoms. The van der Waals surface area contributed by atoms with Crippen LogP contribution in [0.1, 0.15) is 19.4 Å². The topological polar surface area (TPSA) is 26.7 Å². The van der Waals surface area contributed by atoms with Gasteiger partial charge in [-0.1, -0.05) is 25.1 Å². The standard InChI is InChI=1S/C15H24N2O/c1-4-13-7-5-6-8-15(13)17-9-12(2)16(3)14(10-17)11-18/h5-8,12,14,18H,4,9-11H2,1-3H3. The molecular formula is C15H24N2O. The lowest BCUT2D eigenvalue weighted by Crippen LogP contribution is -2.57. The summed E-state index contributed by atoms with van der Waals surface area (Å²) in [5.41, 5.74) is 2.73. The molecule has 1 aromatic carbocycles. The van der Waals surface area contributed by atoms with Crippen LogP contribution in [0.3, 0.4) is 0 Å². The number of hydrogen-bond donors (Lipinski definition) is 1. The number of nitrogens with zero attached hydrogens (tertiary/aromatic N) is 2. The molecule has 0 saturated carbocycles. The van der Waals surface area contributed by atoms with E-state index in [9.17, 15) is 5.11 Å². The molecule has 100 valence electrons. The van der Waals surface area contributed by atoms with Crippen LogP contribution >= 0.6 is 0 Å². The minimum Gasteiger partial charge on any atom is -0.395 e. The summed E-state index contributed by atoms with van der Waals surface area (Å²) in [6, 6.07) is 9.31. The molecule has 0 amide bonds. The van der Waals surface area contributed by atoms with E-state index in [0.29, 0.717) is 6.04 Å². The number of likely N-dealkylation sites (N-methyl/N-ethyl adjacent to an activating group) is 1. The van der Waals surface area contributed by atoms with Gasteiger partial charge >= 0.3 is 0 Å². The summed E-state index contributed by atoms with van der Waals surface area (Å²) in [6.45, 7) is 6.59. The van der Waals surface area contributed by atoms with Crippen LogP contribution in [0, 0.1) is 0 Å². The number of anilines is 1. The van der Waals surface area contributed by atoms with Crippen molar-refractivity contribution in [2.24, 2.45) is 0 Å². The summed E-state index contributed by atoms with van der Waals surface area (Å²) < 4.78 is 0. The van der Waals surface area contributed by atoms with Gasteiger partial charge in [0.1, 0.15) is 0 Å². The van der Waals surface area contributed by atoms with Gasteiger partial charge in [0.15, 0.2) is 0 Å². The smallest absolute Gasteiger partial charge is 0.0604 e. The lowest BCUT2D eigenvalue weighted by atomic mass is 10.0. The fraction of sp³-hybridized carbons (Fsp3) is 0.600. The van der Waals surface area contributed by atoms with E-state index >= 15 is 0 Å². The Bertz CT molecular complexity index is 394. The molecule has 1 heterocycles. The van der Waals surface area contributed by atoms with E-state index in [1.165, 1.54) is 11.3 Å². The van der Waals surface area contributed by atoms with Crippen LogP contribution in [-0.2, 0) is 6.42 Å². The van der Waals surface area contributed by atoms with Crippen molar-refractivity contribution in [3.05, 3.63) is 29.8 Å². The lowest BCUT2D eigenvalue weighted by molar-refractivity contribution is 0.0996. The van der Waals surface area contributed by atoms with E-state index in [1.807, 2.05) is 0 Å². The molecule has 2 atom stereocenters. The van der Waals surface area contributed by atoms with Gasteiger partial charge < -0.3 is 10.0 Å². The highest BCUT2D eigenvalue weighted by atomic mass is 16.3. The Morgan fingerprint density at radius 2 is 2.00 bits per heavy atom. The molecule has 1 aromatic rings. The maximum atomic E-state index is 9.50. The molecule has 1 saturated heterocycles. The van der Waals surface area contributed by atoms with Crippen molar-refractivity contribution in [2.45, 2.75) is 32.4 Å². The third-order valence-corrected chi connectivity index (χ3v) is 4.11. The third-order valence-electron chi connectivity index (χ3n) is 4.11. The minimum atomic E-state index is 0.228. The second-order valence-corrected chi connectivity index (χ2v) is 5.24. The lowest BCUT2D eigenvalue weighted by Gasteiger charge is -2.44. The first-order valence-electron chi connectivity index (χ1n) is 6.83. The first kappa shape index (κ1) is 13.4. The van der Waals surface area contributed by atoms with Crippen LogP contribution in [0.5, 0.6) is 0 Å². The fourth-order valence-electron chi connectivity index (χ4n) is 2.77. The zero-order valence-electron chi connectivity index (χ0n) is 11.6. The maximum absolute atomic E-state index is 9.50. The second-order valence-electron chi connectivity index (χ2n) is 5.24. The van der Waals surface area contributed by atoms with E-state index < -0.39 is 0 Å². The van der Waals surface area contributed by atoms with Crippen LogP contribution in [0.2, 0.25) is 0 Å². The third kappa shape index (κ3) is 2.52. The van der Waals surface area contributed by atoms with E-state index in [4.69, 9.17) is 0 Å². The van der Waals surface area contributed by atoms with Gasteiger partial charge in [-0.15, -0.1) is 0 Å². The monoisotopic (exact) mass is 248 g/mol. The minimum absolute atomic E-state index is 0.228. The normalized spacial score (nSPS) is 25.4. The Morgan fingerprint density at radius 3 is 2.67 bits per heavy atom. The average molecular weight is 248 g/mol. The molecule has 0 aliphatic carbocycles. The summed E-state index contributed by atoms with van der Waals surface area (Å²) in [6.07, 6.45) is 1.06. The van der Waals surface area contributed by atoms with Crippen LogP contribution < -0.4 is 4.90 Å². The first-order chi connectivity index (χ1) is 8.67. The Balaban J connectivity index is 2.23. The SMILES string of the molecule is CCc1ccccc1N1CC(C)N(C)C(CO)C1. The summed E-state index contributed by atoms with van der Waals surface area (Å²) in [4.78, 5) is 4.70. The molecule has 1 fully saturated rings. The van der Waals surface area contributed by atoms with Gasteiger partial charge in [-0.25, -0.2) is 0 Å².